The molecule has 202 valence electrons. The molecule has 0 spiro atoms. The van der Waals surface area contributed by atoms with Crippen molar-refractivity contribution in [1.82, 2.24) is 0 Å². The zero-order chi connectivity index (χ0) is 27.4. The molecule has 9 heteroatoms. The van der Waals surface area contributed by atoms with Gasteiger partial charge < -0.3 is 28.4 Å². The van der Waals surface area contributed by atoms with Crippen LogP contribution in [0.5, 0.6) is 0 Å². The van der Waals surface area contributed by atoms with Crippen LogP contribution in [0.1, 0.15) is 44.9 Å². The SMILES string of the molecule is CC1(C)O[C@@H]2OC([C@H](COC(=O)c3ccccc3)OC(=O)c3ccccc3)[C@@H](OC(=O)c3ccccc3)[C@@H]2O1. The number of ether oxygens (including phenoxy) is 6. The quantitative estimate of drug-likeness (QED) is 0.312. The molecule has 2 heterocycles. The Morgan fingerprint density at radius 1 is 0.744 bits per heavy atom. The molecule has 39 heavy (non-hydrogen) atoms. The van der Waals surface area contributed by atoms with Crippen molar-refractivity contribution in [3.8, 4) is 0 Å². The Kier molecular flexibility index (Phi) is 7.74. The Labute approximate surface area is 225 Å². The highest BCUT2D eigenvalue weighted by Crippen LogP contribution is 2.40. The summed E-state index contributed by atoms with van der Waals surface area (Å²) in [6.07, 6.45) is -4.95. The zero-order valence-electron chi connectivity index (χ0n) is 21.4. The molecular weight excluding hydrogens is 504 g/mol. The van der Waals surface area contributed by atoms with Gasteiger partial charge in [0, 0.05) is 0 Å². The van der Waals surface area contributed by atoms with E-state index in [1.807, 2.05) is 0 Å². The van der Waals surface area contributed by atoms with E-state index in [4.69, 9.17) is 28.4 Å². The van der Waals surface area contributed by atoms with Gasteiger partial charge >= 0.3 is 17.9 Å². The highest BCUT2D eigenvalue weighted by atomic mass is 16.8. The molecule has 3 aromatic carbocycles. The summed E-state index contributed by atoms with van der Waals surface area (Å²) in [6.45, 7) is 3.07. The van der Waals surface area contributed by atoms with E-state index in [1.54, 1.807) is 105 Å². The van der Waals surface area contributed by atoms with Crippen LogP contribution in [0.25, 0.3) is 0 Å². The molecule has 2 fully saturated rings. The Hall–Kier alpha value is -4.05. The van der Waals surface area contributed by atoms with Crippen LogP contribution in [-0.4, -0.2) is 61.0 Å². The minimum Gasteiger partial charge on any atom is -0.458 e. The first-order chi connectivity index (χ1) is 18.8. The lowest BCUT2D eigenvalue weighted by atomic mass is 10.1. The normalized spacial score (nSPS) is 23.8. The number of hydrogen-bond acceptors (Lipinski definition) is 9. The van der Waals surface area contributed by atoms with E-state index >= 15 is 0 Å². The molecule has 0 amide bonds. The average Bonchev–Trinajstić information content (AvgIpc) is 3.43. The lowest BCUT2D eigenvalue weighted by Crippen LogP contribution is -2.47. The smallest absolute Gasteiger partial charge is 0.338 e. The van der Waals surface area contributed by atoms with Gasteiger partial charge in [0.15, 0.2) is 30.4 Å². The Morgan fingerprint density at radius 3 is 1.82 bits per heavy atom. The summed E-state index contributed by atoms with van der Waals surface area (Å²) in [6, 6.07) is 25.2. The van der Waals surface area contributed by atoms with Crippen LogP contribution in [0.3, 0.4) is 0 Å². The molecule has 0 aliphatic carbocycles. The molecule has 0 radical (unpaired) electrons. The Bertz CT molecular complexity index is 1290. The molecule has 0 aromatic heterocycles. The molecule has 3 aromatic rings. The van der Waals surface area contributed by atoms with Crippen LogP contribution in [0.2, 0.25) is 0 Å². The molecule has 0 bridgehead atoms. The summed E-state index contributed by atoms with van der Waals surface area (Å²) < 4.78 is 35.2. The molecule has 5 atom stereocenters. The van der Waals surface area contributed by atoms with E-state index in [2.05, 4.69) is 0 Å². The molecule has 2 aliphatic rings. The van der Waals surface area contributed by atoms with Crippen LogP contribution in [0.15, 0.2) is 91.0 Å². The van der Waals surface area contributed by atoms with Gasteiger partial charge in [-0.3, -0.25) is 0 Å². The predicted molar refractivity (Wildman–Crippen MR) is 137 cm³/mol. The number of benzene rings is 3. The van der Waals surface area contributed by atoms with Crippen molar-refractivity contribution in [2.24, 2.45) is 0 Å². The number of rotatable bonds is 8. The van der Waals surface area contributed by atoms with Gasteiger partial charge in [0.1, 0.15) is 12.7 Å². The maximum atomic E-state index is 13.0. The van der Waals surface area contributed by atoms with Gasteiger partial charge in [-0.15, -0.1) is 0 Å². The molecule has 5 rings (SSSR count). The van der Waals surface area contributed by atoms with Crippen molar-refractivity contribution in [2.45, 2.75) is 50.3 Å². The second-order valence-electron chi connectivity index (χ2n) is 9.58. The van der Waals surface area contributed by atoms with Gasteiger partial charge in [-0.1, -0.05) is 54.6 Å². The van der Waals surface area contributed by atoms with Crippen molar-refractivity contribution < 1.29 is 42.8 Å². The minimum absolute atomic E-state index is 0.293. The van der Waals surface area contributed by atoms with Crippen molar-refractivity contribution >= 4 is 17.9 Å². The van der Waals surface area contributed by atoms with Crippen molar-refractivity contribution in [1.29, 1.82) is 0 Å². The van der Waals surface area contributed by atoms with Gasteiger partial charge in [-0.2, -0.15) is 0 Å². The molecule has 1 unspecified atom stereocenters. The third kappa shape index (κ3) is 6.17. The predicted octanol–water partition coefficient (Wildman–Crippen LogP) is 4.17. The fraction of sp³-hybridized carbons (Fsp3) is 0.300. The second kappa shape index (κ2) is 11.4. The fourth-order valence-electron chi connectivity index (χ4n) is 4.49. The lowest BCUT2D eigenvalue weighted by Gasteiger charge is -2.30. The monoisotopic (exact) mass is 532 g/mol. The number of hydrogen-bond donors (Lipinski definition) is 0. The van der Waals surface area contributed by atoms with Crippen LogP contribution in [0.4, 0.5) is 0 Å². The van der Waals surface area contributed by atoms with Crippen LogP contribution in [-0.2, 0) is 28.4 Å². The molecule has 9 nitrogen and oxygen atoms in total. The summed E-state index contributed by atoms with van der Waals surface area (Å²) in [5, 5.41) is 0. The highest BCUT2D eigenvalue weighted by Gasteiger charge is 2.59. The van der Waals surface area contributed by atoms with Crippen LogP contribution in [0, 0.1) is 0 Å². The minimum atomic E-state index is -1.15. The van der Waals surface area contributed by atoms with E-state index in [1.165, 1.54) is 0 Å². The first-order valence-corrected chi connectivity index (χ1v) is 12.6. The summed E-state index contributed by atoms with van der Waals surface area (Å²) in [7, 11) is 0. The van der Waals surface area contributed by atoms with E-state index in [9.17, 15) is 14.4 Å². The van der Waals surface area contributed by atoms with E-state index in [-0.39, 0.29) is 6.61 Å². The molecular formula is C30H28O9. The first-order valence-electron chi connectivity index (χ1n) is 12.6. The summed E-state index contributed by atoms with van der Waals surface area (Å²) in [4.78, 5) is 38.8. The van der Waals surface area contributed by atoms with Gasteiger partial charge in [-0.25, -0.2) is 14.4 Å². The number of esters is 3. The zero-order valence-corrected chi connectivity index (χ0v) is 21.4. The Balaban J connectivity index is 1.41. The molecule has 0 N–H and O–H groups in total. The van der Waals surface area contributed by atoms with Gasteiger partial charge in [0.05, 0.1) is 16.7 Å². The first kappa shape index (κ1) is 26.6. The van der Waals surface area contributed by atoms with E-state index < -0.39 is 54.4 Å². The van der Waals surface area contributed by atoms with Gasteiger partial charge in [0.25, 0.3) is 0 Å². The fourth-order valence-corrected chi connectivity index (χ4v) is 4.49. The molecule has 2 aliphatic heterocycles. The third-order valence-corrected chi connectivity index (χ3v) is 6.30. The largest absolute Gasteiger partial charge is 0.458 e. The van der Waals surface area contributed by atoms with E-state index in [0.717, 1.165) is 0 Å². The maximum Gasteiger partial charge on any atom is 0.338 e. The van der Waals surface area contributed by atoms with Crippen molar-refractivity contribution in [3.63, 3.8) is 0 Å². The molecule has 0 saturated carbocycles. The maximum absolute atomic E-state index is 13.0. The van der Waals surface area contributed by atoms with Gasteiger partial charge in [0.2, 0.25) is 0 Å². The average molecular weight is 533 g/mol. The van der Waals surface area contributed by atoms with Crippen LogP contribution < -0.4 is 0 Å². The topological polar surface area (TPSA) is 107 Å². The Morgan fingerprint density at radius 2 is 1.26 bits per heavy atom. The number of fused-ring (bicyclic) bond motifs is 1. The van der Waals surface area contributed by atoms with Crippen molar-refractivity contribution in [2.75, 3.05) is 6.61 Å². The van der Waals surface area contributed by atoms with Gasteiger partial charge in [-0.05, 0) is 50.2 Å². The van der Waals surface area contributed by atoms with Crippen LogP contribution >= 0.6 is 0 Å². The highest BCUT2D eigenvalue weighted by molar-refractivity contribution is 5.90. The molecule has 2 saturated heterocycles. The van der Waals surface area contributed by atoms with E-state index in [0.29, 0.717) is 16.7 Å². The second-order valence-corrected chi connectivity index (χ2v) is 9.58. The number of carbonyl (C=O) groups is 3. The summed E-state index contributed by atoms with van der Waals surface area (Å²) >= 11 is 0. The lowest BCUT2D eigenvalue weighted by molar-refractivity contribution is -0.227. The number of carbonyl (C=O) groups excluding carboxylic acids is 3. The van der Waals surface area contributed by atoms with Crippen molar-refractivity contribution in [3.05, 3.63) is 108 Å². The summed E-state index contributed by atoms with van der Waals surface area (Å²) in [5.74, 6) is -2.88. The standard InChI is InChI=1S/C30H28O9/c1-30(2)38-25-24(36-28(33)21-16-10-5-11-17-21)23(37-29(25)39-30)22(35-27(32)20-14-8-4-9-15-20)18-34-26(31)19-12-6-3-7-13-19/h3-17,22-25,29H,18H2,1-2H3/t22-,23?,24+,25-,29-/m0/s1. The summed E-state index contributed by atoms with van der Waals surface area (Å²) in [5.41, 5.74) is 0.947. The third-order valence-electron chi connectivity index (χ3n) is 6.30.